The first-order valence-corrected chi connectivity index (χ1v) is 7.23. The SMILES string of the molecule is Cc1nc(CC2(N)CCOC2C2CC2)sc1C. The summed E-state index contributed by atoms with van der Waals surface area (Å²) in [6.07, 6.45) is 4.71. The van der Waals surface area contributed by atoms with Crippen LogP contribution in [-0.4, -0.2) is 23.2 Å². The van der Waals surface area contributed by atoms with Crippen LogP contribution in [0.15, 0.2) is 0 Å². The van der Waals surface area contributed by atoms with Gasteiger partial charge in [0.1, 0.15) is 0 Å². The van der Waals surface area contributed by atoms with E-state index in [9.17, 15) is 0 Å². The number of ether oxygens (including phenoxy) is 1. The first-order chi connectivity index (χ1) is 8.08. The zero-order chi connectivity index (χ0) is 12.0. The Kier molecular flexibility index (Phi) is 2.76. The quantitative estimate of drug-likeness (QED) is 0.897. The van der Waals surface area contributed by atoms with Crippen molar-refractivity contribution in [2.24, 2.45) is 11.7 Å². The van der Waals surface area contributed by atoms with Gasteiger partial charge >= 0.3 is 0 Å². The monoisotopic (exact) mass is 252 g/mol. The largest absolute Gasteiger partial charge is 0.376 e. The minimum atomic E-state index is -0.169. The Labute approximate surface area is 106 Å². The van der Waals surface area contributed by atoms with Crippen molar-refractivity contribution in [1.29, 1.82) is 0 Å². The molecule has 0 amide bonds. The van der Waals surface area contributed by atoms with Gasteiger partial charge in [0.2, 0.25) is 0 Å². The molecule has 0 radical (unpaired) electrons. The average Bonchev–Trinajstić information content (AvgIpc) is 2.95. The number of hydrogen-bond donors (Lipinski definition) is 1. The van der Waals surface area contributed by atoms with Crippen LogP contribution in [0.4, 0.5) is 0 Å². The molecule has 1 aromatic rings. The Morgan fingerprint density at radius 2 is 2.24 bits per heavy atom. The second-order valence-electron chi connectivity index (χ2n) is 5.54. The Morgan fingerprint density at radius 1 is 1.47 bits per heavy atom. The van der Waals surface area contributed by atoms with Crippen LogP contribution in [0, 0.1) is 19.8 Å². The molecule has 1 saturated carbocycles. The molecule has 2 fully saturated rings. The maximum absolute atomic E-state index is 6.58. The van der Waals surface area contributed by atoms with E-state index in [1.165, 1.54) is 22.7 Å². The Hall–Kier alpha value is -0.450. The lowest BCUT2D eigenvalue weighted by atomic mass is 9.86. The van der Waals surface area contributed by atoms with Crippen molar-refractivity contribution in [1.82, 2.24) is 4.98 Å². The minimum Gasteiger partial charge on any atom is -0.376 e. The maximum Gasteiger partial charge on any atom is 0.0950 e. The van der Waals surface area contributed by atoms with Crippen molar-refractivity contribution >= 4 is 11.3 Å². The molecule has 3 nitrogen and oxygen atoms in total. The predicted molar refractivity (Wildman–Crippen MR) is 69.3 cm³/mol. The summed E-state index contributed by atoms with van der Waals surface area (Å²) in [5.74, 6) is 0.713. The van der Waals surface area contributed by atoms with Crippen LogP contribution in [-0.2, 0) is 11.2 Å². The average molecular weight is 252 g/mol. The fraction of sp³-hybridized carbons (Fsp3) is 0.769. The van der Waals surface area contributed by atoms with Crippen LogP contribution in [0.2, 0.25) is 0 Å². The number of nitrogens with zero attached hydrogens (tertiary/aromatic N) is 1. The first kappa shape index (κ1) is 11.6. The molecular formula is C13H20N2OS. The van der Waals surface area contributed by atoms with Crippen molar-refractivity contribution in [3.05, 3.63) is 15.6 Å². The highest BCUT2D eigenvalue weighted by atomic mass is 32.1. The summed E-state index contributed by atoms with van der Waals surface area (Å²) in [6, 6.07) is 0. The fourth-order valence-corrected chi connectivity index (χ4v) is 3.84. The molecular weight excluding hydrogens is 232 g/mol. The maximum atomic E-state index is 6.58. The summed E-state index contributed by atoms with van der Waals surface area (Å²) in [6.45, 7) is 5.02. The molecule has 3 rings (SSSR count). The van der Waals surface area contributed by atoms with E-state index in [0.29, 0.717) is 5.92 Å². The zero-order valence-electron chi connectivity index (χ0n) is 10.5. The van der Waals surface area contributed by atoms with E-state index in [2.05, 4.69) is 18.8 Å². The number of aryl methyl sites for hydroxylation is 2. The van der Waals surface area contributed by atoms with Crippen molar-refractivity contribution in [3.8, 4) is 0 Å². The molecule has 2 unspecified atom stereocenters. The first-order valence-electron chi connectivity index (χ1n) is 6.42. The van der Waals surface area contributed by atoms with Gasteiger partial charge in [0, 0.05) is 17.9 Å². The Bertz CT molecular complexity index is 408. The van der Waals surface area contributed by atoms with Gasteiger partial charge in [0.05, 0.1) is 22.3 Å². The van der Waals surface area contributed by atoms with Crippen molar-refractivity contribution in [2.45, 2.75) is 51.2 Å². The summed E-state index contributed by atoms with van der Waals surface area (Å²) in [5, 5.41) is 1.18. The molecule has 1 aromatic heterocycles. The highest BCUT2D eigenvalue weighted by Crippen LogP contribution is 2.43. The number of rotatable bonds is 3. The molecule has 0 bridgehead atoms. The highest BCUT2D eigenvalue weighted by Gasteiger charge is 2.49. The molecule has 2 N–H and O–H groups in total. The molecule has 2 atom stereocenters. The van der Waals surface area contributed by atoms with Gasteiger partial charge in [-0.25, -0.2) is 4.98 Å². The van der Waals surface area contributed by atoms with Gasteiger partial charge < -0.3 is 10.5 Å². The smallest absolute Gasteiger partial charge is 0.0950 e. The third kappa shape index (κ3) is 2.14. The lowest BCUT2D eigenvalue weighted by molar-refractivity contribution is 0.0626. The van der Waals surface area contributed by atoms with Crippen LogP contribution in [0.3, 0.4) is 0 Å². The van der Waals surface area contributed by atoms with E-state index in [0.717, 1.165) is 25.1 Å². The van der Waals surface area contributed by atoms with Gasteiger partial charge in [-0.05, 0) is 39.0 Å². The molecule has 0 aromatic carbocycles. The van der Waals surface area contributed by atoms with E-state index in [1.54, 1.807) is 11.3 Å². The van der Waals surface area contributed by atoms with Gasteiger partial charge in [-0.15, -0.1) is 11.3 Å². The minimum absolute atomic E-state index is 0.169. The van der Waals surface area contributed by atoms with Crippen molar-refractivity contribution < 1.29 is 4.74 Å². The van der Waals surface area contributed by atoms with E-state index in [-0.39, 0.29) is 11.6 Å². The fourth-order valence-electron chi connectivity index (χ4n) is 2.77. The standard InChI is InChI=1S/C13H20N2OS/c1-8-9(2)17-11(15-8)7-13(14)5-6-16-12(13)10-3-4-10/h10,12H,3-7,14H2,1-2H3. The topological polar surface area (TPSA) is 48.1 Å². The zero-order valence-corrected chi connectivity index (χ0v) is 11.3. The second-order valence-corrected chi connectivity index (χ2v) is 6.83. The van der Waals surface area contributed by atoms with Crippen LogP contribution in [0.25, 0.3) is 0 Å². The van der Waals surface area contributed by atoms with Crippen LogP contribution >= 0.6 is 11.3 Å². The second kappa shape index (κ2) is 4.04. The van der Waals surface area contributed by atoms with Crippen LogP contribution in [0.1, 0.15) is 34.8 Å². The van der Waals surface area contributed by atoms with Gasteiger partial charge in [-0.3, -0.25) is 0 Å². The molecule has 94 valence electrons. The third-order valence-electron chi connectivity index (χ3n) is 4.03. The molecule has 2 heterocycles. The van der Waals surface area contributed by atoms with Gasteiger partial charge in [-0.2, -0.15) is 0 Å². The summed E-state index contributed by atoms with van der Waals surface area (Å²) < 4.78 is 5.85. The third-order valence-corrected chi connectivity index (χ3v) is 5.11. The molecule has 0 spiro atoms. The lowest BCUT2D eigenvalue weighted by Crippen LogP contribution is -2.50. The Morgan fingerprint density at radius 3 is 2.82 bits per heavy atom. The summed E-state index contributed by atoms with van der Waals surface area (Å²) >= 11 is 1.79. The molecule has 1 saturated heterocycles. The van der Waals surface area contributed by atoms with Crippen LogP contribution < -0.4 is 5.73 Å². The Balaban J connectivity index is 1.78. The van der Waals surface area contributed by atoms with E-state index in [1.807, 2.05) is 0 Å². The summed E-state index contributed by atoms with van der Waals surface area (Å²) in [5.41, 5.74) is 7.56. The molecule has 2 aliphatic rings. The summed E-state index contributed by atoms with van der Waals surface area (Å²) in [7, 11) is 0. The van der Waals surface area contributed by atoms with E-state index < -0.39 is 0 Å². The number of thiazole rings is 1. The van der Waals surface area contributed by atoms with Crippen molar-refractivity contribution in [2.75, 3.05) is 6.61 Å². The van der Waals surface area contributed by atoms with E-state index in [4.69, 9.17) is 10.5 Å². The van der Waals surface area contributed by atoms with Gasteiger partial charge in [0.25, 0.3) is 0 Å². The van der Waals surface area contributed by atoms with Crippen molar-refractivity contribution in [3.63, 3.8) is 0 Å². The molecule has 4 heteroatoms. The lowest BCUT2D eigenvalue weighted by Gasteiger charge is -2.29. The molecule has 1 aliphatic heterocycles. The van der Waals surface area contributed by atoms with Crippen LogP contribution in [0.5, 0.6) is 0 Å². The highest BCUT2D eigenvalue weighted by molar-refractivity contribution is 7.11. The number of aromatic nitrogens is 1. The van der Waals surface area contributed by atoms with Gasteiger partial charge in [0.15, 0.2) is 0 Å². The predicted octanol–water partition coefficient (Wildman–Crippen LogP) is 2.20. The summed E-state index contributed by atoms with van der Waals surface area (Å²) in [4.78, 5) is 5.93. The van der Waals surface area contributed by atoms with E-state index >= 15 is 0 Å². The number of nitrogens with two attached hydrogens (primary N) is 1. The normalized spacial score (nSPS) is 33.2. The molecule has 17 heavy (non-hydrogen) atoms. The molecule has 1 aliphatic carbocycles. The number of hydrogen-bond acceptors (Lipinski definition) is 4. The van der Waals surface area contributed by atoms with Gasteiger partial charge in [-0.1, -0.05) is 0 Å².